The molecule has 0 fully saturated rings. The van der Waals surface area contributed by atoms with E-state index in [-0.39, 0.29) is 17.1 Å². The molecule has 1 atom stereocenters. The van der Waals surface area contributed by atoms with Crippen molar-refractivity contribution in [2.45, 2.75) is 20.0 Å². The molecule has 2 rings (SSSR count). The SMILES string of the molecule is Cc1ccc(C(=O)[C@H](C)OC(=O)c2cc(Br)ccc2O)cc1. The Morgan fingerprint density at radius 3 is 2.41 bits per heavy atom. The van der Waals surface area contributed by atoms with Gasteiger partial charge < -0.3 is 9.84 Å². The van der Waals surface area contributed by atoms with Crippen molar-refractivity contribution in [3.63, 3.8) is 0 Å². The Bertz CT molecular complexity index is 707. The van der Waals surface area contributed by atoms with Gasteiger partial charge in [0.05, 0.1) is 0 Å². The van der Waals surface area contributed by atoms with Gasteiger partial charge in [-0.3, -0.25) is 4.79 Å². The number of aryl methyl sites for hydroxylation is 1. The molecule has 22 heavy (non-hydrogen) atoms. The maximum atomic E-state index is 12.2. The monoisotopic (exact) mass is 362 g/mol. The van der Waals surface area contributed by atoms with Crippen molar-refractivity contribution in [1.29, 1.82) is 0 Å². The molecule has 0 aliphatic rings. The average Bonchev–Trinajstić information content (AvgIpc) is 2.49. The lowest BCUT2D eigenvalue weighted by Crippen LogP contribution is -2.24. The fourth-order valence-corrected chi connectivity index (χ4v) is 2.26. The molecule has 0 amide bonds. The van der Waals surface area contributed by atoms with Gasteiger partial charge in [0.25, 0.3) is 0 Å². The predicted molar refractivity (Wildman–Crippen MR) is 86.2 cm³/mol. The number of phenolic OH excluding ortho intramolecular Hbond substituents is 1. The topological polar surface area (TPSA) is 63.6 Å². The second-order valence-corrected chi connectivity index (χ2v) is 5.85. The molecule has 0 saturated carbocycles. The lowest BCUT2D eigenvalue weighted by Gasteiger charge is -2.13. The van der Waals surface area contributed by atoms with Crippen LogP contribution in [-0.4, -0.2) is 23.0 Å². The molecule has 0 radical (unpaired) electrons. The van der Waals surface area contributed by atoms with E-state index in [1.165, 1.54) is 19.1 Å². The minimum atomic E-state index is -0.936. The predicted octanol–water partition coefficient (Wildman–Crippen LogP) is 3.89. The summed E-state index contributed by atoms with van der Waals surface area (Å²) in [5.41, 5.74) is 1.53. The maximum Gasteiger partial charge on any atom is 0.342 e. The molecule has 0 saturated heterocycles. The minimum absolute atomic E-state index is 0.0120. The Morgan fingerprint density at radius 1 is 1.14 bits per heavy atom. The number of phenols is 1. The van der Waals surface area contributed by atoms with Crippen LogP contribution >= 0.6 is 15.9 Å². The summed E-state index contributed by atoms with van der Waals surface area (Å²) < 4.78 is 5.78. The van der Waals surface area contributed by atoms with Crippen LogP contribution in [-0.2, 0) is 4.74 Å². The second-order valence-electron chi connectivity index (χ2n) is 4.94. The molecule has 0 spiro atoms. The molecule has 0 unspecified atom stereocenters. The Morgan fingerprint density at radius 2 is 1.77 bits per heavy atom. The number of hydrogen-bond donors (Lipinski definition) is 1. The van der Waals surface area contributed by atoms with E-state index in [9.17, 15) is 14.7 Å². The number of carbonyl (C=O) groups is 2. The standard InChI is InChI=1S/C17H15BrO4/c1-10-3-5-12(6-4-10)16(20)11(2)22-17(21)14-9-13(18)7-8-15(14)19/h3-9,11,19H,1-2H3/t11-/m0/s1. The first-order chi connectivity index (χ1) is 10.4. The lowest BCUT2D eigenvalue weighted by atomic mass is 10.1. The lowest BCUT2D eigenvalue weighted by molar-refractivity contribution is 0.0316. The largest absolute Gasteiger partial charge is 0.507 e. The zero-order chi connectivity index (χ0) is 16.3. The van der Waals surface area contributed by atoms with Gasteiger partial charge in [-0.15, -0.1) is 0 Å². The average molecular weight is 363 g/mol. The van der Waals surface area contributed by atoms with E-state index in [2.05, 4.69) is 15.9 Å². The summed E-state index contributed by atoms with van der Waals surface area (Å²) in [6.07, 6.45) is -0.936. The Balaban J connectivity index is 2.12. The summed E-state index contributed by atoms with van der Waals surface area (Å²) in [6, 6.07) is 11.5. The van der Waals surface area contributed by atoms with Crippen LogP contribution in [0.4, 0.5) is 0 Å². The van der Waals surface area contributed by atoms with Gasteiger partial charge in [-0.1, -0.05) is 45.8 Å². The van der Waals surface area contributed by atoms with Gasteiger partial charge >= 0.3 is 5.97 Å². The first kappa shape index (κ1) is 16.2. The van der Waals surface area contributed by atoms with Crippen LogP contribution in [0, 0.1) is 6.92 Å². The summed E-state index contributed by atoms with van der Waals surface area (Å²) in [4.78, 5) is 24.3. The van der Waals surface area contributed by atoms with E-state index in [1.807, 2.05) is 19.1 Å². The normalized spacial score (nSPS) is 11.8. The van der Waals surface area contributed by atoms with Gasteiger partial charge in [0.1, 0.15) is 11.3 Å². The van der Waals surface area contributed by atoms with Gasteiger partial charge in [0, 0.05) is 10.0 Å². The van der Waals surface area contributed by atoms with Gasteiger partial charge in [-0.25, -0.2) is 4.79 Å². The molecular weight excluding hydrogens is 348 g/mol. The van der Waals surface area contributed by atoms with Crippen LogP contribution in [0.15, 0.2) is 46.9 Å². The number of ether oxygens (including phenoxy) is 1. The number of benzene rings is 2. The molecule has 5 heteroatoms. The molecule has 0 bridgehead atoms. The van der Waals surface area contributed by atoms with Crippen LogP contribution in [0.2, 0.25) is 0 Å². The van der Waals surface area contributed by atoms with Crippen molar-refractivity contribution in [2.75, 3.05) is 0 Å². The number of carbonyl (C=O) groups excluding carboxylic acids is 2. The third-order valence-corrected chi connectivity index (χ3v) is 3.66. The first-order valence-electron chi connectivity index (χ1n) is 6.69. The van der Waals surface area contributed by atoms with Crippen molar-refractivity contribution in [2.24, 2.45) is 0 Å². The summed E-state index contributed by atoms with van der Waals surface area (Å²) in [5.74, 6) is -1.22. The van der Waals surface area contributed by atoms with Crippen molar-refractivity contribution < 1.29 is 19.4 Å². The molecule has 0 aliphatic carbocycles. The van der Waals surface area contributed by atoms with Crippen LogP contribution in [0.5, 0.6) is 5.75 Å². The molecule has 2 aromatic rings. The molecule has 1 N–H and O–H groups in total. The molecule has 114 valence electrons. The van der Waals surface area contributed by atoms with Crippen molar-refractivity contribution in [3.8, 4) is 5.75 Å². The van der Waals surface area contributed by atoms with Gasteiger partial charge in [-0.05, 0) is 32.0 Å². The van der Waals surface area contributed by atoms with Crippen LogP contribution in [0.3, 0.4) is 0 Å². The van der Waals surface area contributed by atoms with Crippen LogP contribution in [0.1, 0.15) is 33.2 Å². The highest BCUT2D eigenvalue weighted by Crippen LogP contribution is 2.23. The highest BCUT2D eigenvalue weighted by atomic mass is 79.9. The zero-order valence-corrected chi connectivity index (χ0v) is 13.8. The highest BCUT2D eigenvalue weighted by Gasteiger charge is 2.22. The zero-order valence-electron chi connectivity index (χ0n) is 12.2. The highest BCUT2D eigenvalue weighted by molar-refractivity contribution is 9.10. The number of esters is 1. The first-order valence-corrected chi connectivity index (χ1v) is 7.48. The summed E-state index contributed by atoms with van der Waals surface area (Å²) in [6.45, 7) is 3.43. The quantitative estimate of drug-likeness (QED) is 0.661. The van der Waals surface area contributed by atoms with E-state index >= 15 is 0 Å². The number of rotatable bonds is 4. The number of halogens is 1. The summed E-state index contributed by atoms with van der Waals surface area (Å²) >= 11 is 3.22. The Labute approximate surface area is 136 Å². The number of aromatic hydroxyl groups is 1. The van der Waals surface area contributed by atoms with Crippen LogP contribution < -0.4 is 0 Å². The second kappa shape index (κ2) is 6.75. The van der Waals surface area contributed by atoms with Gasteiger partial charge in [-0.2, -0.15) is 0 Å². The van der Waals surface area contributed by atoms with E-state index in [0.29, 0.717) is 10.0 Å². The van der Waals surface area contributed by atoms with Gasteiger partial charge in [0.2, 0.25) is 5.78 Å². The summed E-state index contributed by atoms with van der Waals surface area (Å²) in [7, 11) is 0. The number of ketones is 1. The third kappa shape index (κ3) is 3.74. The molecular formula is C17H15BrO4. The molecule has 4 nitrogen and oxygen atoms in total. The van der Waals surface area contributed by atoms with E-state index in [1.54, 1.807) is 18.2 Å². The molecule has 0 aliphatic heterocycles. The maximum absolute atomic E-state index is 12.2. The van der Waals surface area contributed by atoms with Crippen molar-refractivity contribution in [3.05, 3.63) is 63.6 Å². The van der Waals surface area contributed by atoms with Crippen LogP contribution in [0.25, 0.3) is 0 Å². The van der Waals surface area contributed by atoms with Crippen molar-refractivity contribution >= 4 is 27.7 Å². The minimum Gasteiger partial charge on any atom is -0.507 e. The van der Waals surface area contributed by atoms with Crippen molar-refractivity contribution in [1.82, 2.24) is 0 Å². The van der Waals surface area contributed by atoms with E-state index in [4.69, 9.17) is 4.74 Å². The molecule has 0 heterocycles. The number of hydrogen-bond acceptors (Lipinski definition) is 4. The smallest absolute Gasteiger partial charge is 0.342 e. The Kier molecular flexibility index (Phi) is 4.98. The van der Waals surface area contributed by atoms with E-state index < -0.39 is 12.1 Å². The van der Waals surface area contributed by atoms with E-state index in [0.717, 1.165) is 5.56 Å². The molecule has 2 aromatic carbocycles. The number of Topliss-reactive ketones (excluding diaryl/α,β-unsaturated/α-hetero) is 1. The fourth-order valence-electron chi connectivity index (χ4n) is 1.90. The Hall–Kier alpha value is -2.14. The third-order valence-electron chi connectivity index (χ3n) is 3.17. The summed E-state index contributed by atoms with van der Waals surface area (Å²) in [5, 5.41) is 9.70. The molecule has 0 aromatic heterocycles. The van der Waals surface area contributed by atoms with Gasteiger partial charge in [0.15, 0.2) is 6.10 Å². The fraction of sp³-hybridized carbons (Fsp3) is 0.176.